The van der Waals surface area contributed by atoms with Gasteiger partial charge in [-0.25, -0.2) is 0 Å². The van der Waals surface area contributed by atoms with Crippen molar-refractivity contribution in [1.29, 1.82) is 0 Å². The van der Waals surface area contributed by atoms with Crippen molar-refractivity contribution in [3.05, 3.63) is 18.2 Å². The van der Waals surface area contributed by atoms with Gasteiger partial charge in [0.2, 0.25) is 0 Å². The average molecular weight is 276 g/mol. The van der Waals surface area contributed by atoms with Crippen LogP contribution in [0.25, 0.3) is 0 Å². The van der Waals surface area contributed by atoms with Crippen LogP contribution < -0.4 is 15.4 Å². The molecule has 1 aliphatic heterocycles. The Bertz CT molecular complexity index is 447. The number of hydrogen-bond acceptors (Lipinski definition) is 3. The molecule has 1 heterocycles. The molecule has 1 aromatic carbocycles. The van der Waals surface area contributed by atoms with Crippen molar-refractivity contribution in [3.63, 3.8) is 0 Å². The van der Waals surface area contributed by atoms with Crippen LogP contribution in [0.2, 0.25) is 0 Å². The van der Waals surface area contributed by atoms with Crippen LogP contribution in [-0.4, -0.2) is 19.2 Å². The number of benzene rings is 1. The number of anilines is 2. The van der Waals surface area contributed by atoms with E-state index in [9.17, 15) is 0 Å². The van der Waals surface area contributed by atoms with Gasteiger partial charge in [-0.3, -0.25) is 0 Å². The summed E-state index contributed by atoms with van der Waals surface area (Å²) in [6, 6.07) is 6.67. The number of hydrogen-bond donors (Lipinski definition) is 1. The maximum Gasteiger partial charge on any atom is 0.123 e. The lowest BCUT2D eigenvalue weighted by Gasteiger charge is -2.42. The first-order valence-electron chi connectivity index (χ1n) is 7.81. The molecule has 20 heavy (non-hydrogen) atoms. The largest absolute Gasteiger partial charge is 0.493 e. The van der Waals surface area contributed by atoms with Gasteiger partial charge in [0.15, 0.2) is 0 Å². The number of ether oxygens (including phenoxy) is 1. The van der Waals surface area contributed by atoms with E-state index in [4.69, 9.17) is 10.5 Å². The zero-order valence-electron chi connectivity index (χ0n) is 13.2. The second-order valence-electron chi connectivity index (χ2n) is 6.32. The van der Waals surface area contributed by atoms with Crippen LogP contribution >= 0.6 is 0 Å². The van der Waals surface area contributed by atoms with Gasteiger partial charge in [-0.05, 0) is 37.7 Å². The van der Waals surface area contributed by atoms with Crippen LogP contribution in [0.4, 0.5) is 11.4 Å². The van der Waals surface area contributed by atoms with E-state index in [-0.39, 0.29) is 0 Å². The van der Waals surface area contributed by atoms with Gasteiger partial charge < -0.3 is 15.4 Å². The first-order valence-corrected chi connectivity index (χ1v) is 7.81. The molecule has 0 bridgehead atoms. The third-order valence-corrected chi connectivity index (χ3v) is 4.32. The summed E-state index contributed by atoms with van der Waals surface area (Å²) in [4.78, 5) is 2.48. The Labute approximate surface area is 123 Å². The van der Waals surface area contributed by atoms with Gasteiger partial charge in [0.1, 0.15) is 5.75 Å². The molecule has 1 aromatic rings. The molecule has 1 saturated heterocycles. The van der Waals surface area contributed by atoms with Gasteiger partial charge in [0.05, 0.1) is 6.61 Å². The predicted octanol–water partition coefficient (Wildman–Crippen LogP) is 3.93. The van der Waals surface area contributed by atoms with Crippen molar-refractivity contribution < 1.29 is 4.74 Å². The summed E-state index contributed by atoms with van der Waals surface area (Å²) in [5, 5.41) is 0. The molecule has 2 rings (SSSR count). The molecule has 112 valence electrons. The molecule has 3 nitrogen and oxygen atoms in total. The molecule has 3 atom stereocenters. The second-order valence-corrected chi connectivity index (χ2v) is 6.32. The summed E-state index contributed by atoms with van der Waals surface area (Å²) in [7, 11) is 0. The monoisotopic (exact) mass is 276 g/mol. The van der Waals surface area contributed by atoms with Gasteiger partial charge >= 0.3 is 0 Å². The van der Waals surface area contributed by atoms with E-state index in [0.29, 0.717) is 12.0 Å². The minimum atomic E-state index is 0.548. The Morgan fingerprint density at radius 2 is 2.00 bits per heavy atom. The normalized spacial score (nSPS) is 26.6. The van der Waals surface area contributed by atoms with Gasteiger partial charge in [-0.2, -0.15) is 0 Å². The molecule has 1 aliphatic rings. The van der Waals surface area contributed by atoms with Crippen LogP contribution in [0.5, 0.6) is 5.75 Å². The fourth-order valence-electron chi connectivity index (χ4n) is 3.13. The number of piperidine rings is 1. The smallest absolute Gasteiger partial charge is 0.123 e. The van der Waals surface area contributed by atoms with Crippen LogP contribution in [0.1, 0.15) is 40.5 Å². The number of rotatable bonds is 4. The molecule has 0 aromatic heterocycles. The van der Waals surface area contributed by atoms with Crippen molar-refractivity contribution >= 4 is 11.4 Å². The predicted molar refractivity (Wildman–Crippen MR) is 86.4 cm³/mol. The summed E-state index contributed by atoms with van der Waals surface area (Å²) < 4.78 is 5.75. The highest BCUT2D eigenvalue weighted by Crippen LogP contribution is 2.34. The number of nitrogens with two attached hydrogens (primary N) is 1. The van der Waals surface area contributed by atoms with E-state index >= 15 is 0 Å². The molecule has 1 fully saturated rings. The SMILES string of the molecule is CCCOc1cc(N)cc(N2CC(C)CC(C)C2C)c1. The molecule has 3 heteroatoms. The quantitative estimate of drug-likeness (QED) is 0.847. The van der Waals surface area contributed by atoms with Crippen LogP contribution in [-0.2, 0) is 0 Å². The number of nitrogen functional groups attached to an aromatic ring is 1. The summed E-state index contributed by atoms with van der Waals surface area (Å²) in [5.74, 6) is 2.32. The van der Waals surface area contributed by atoms with Gasteiger partial charge in [0.25, 0.3) is 0 Å². The van der Waals surface area contributed by atoms with Crippen molar-refractivity contribution in [2.75, 3.05) is 23.8 Å². The maximum absolute atomic E-state index is 6.05. The maximum atomic E-state index is 6.05. The zero-order valence-corrected chi connectivity index (χ0v) is 13.2. The zero-order chi connectivity index (χ0) is 14.7. The third kappa shape index (κ3) is 3.38. The topological polar surface area (TPSA) is 38.5 Å². The van der Waals surface area contributed by atoms with Gasteiger partial charge in [-0.15, -0.1) is 0 Å². The summed E-state index contributed by atoms with van der Waals surface area (Å²) in [6.45, 7) is 10.9. The van der Waals surface area contributed by atoms with Crippen molar-refractivity contribution in [3.8, 4) is 5.75 Å². The van der Waals surface area contributed by atoms with E-state index < -0.39 is 0 Å². The molecular weight excluding hydrogens is 248 g/mol. The molecular formula is C17H28N2O. The highest BCUT2D eigenvalue weighted by molar-refractivity contribution is 5.61. The van der Waals surface area contributed by atoms with Crippen molar-refractivity contribution in [2.24, 2.45) is 11.8 Å². The Balaban J connectivity index is 2.24. The van der Waals surface area contributed by atoms with E-state index in [1.165, 1.54) is 12.1 Å². The van der Waals surface area contributed by atoms with E-state index in [0.717, 1.165) is 36.9 Å². The fraction of sp³-hybridized carbons (Fsp3) is 0.647. The van der Waals surface area contributed by atoms with E-state index in [2.05, 4.69) is 44.7 Å². The highest BCUT2D eigenvalue weighted by Gasteiger charge is 2.29. The molecule has 0 amide bonds. The Hall–Kier alpha value is -1.38. The summed E-state index contributed by atoms with van der Waals surface area (Å²) >= 11 is 0. The third-order valence-electron chi connectivity index (χ3n) is 4.32. The molecule has 0 spiro atoms. The Kier molecular flexibility index (Phi) is 4.79. The van der Waals surface area contributed by atoms with Crippen LogP contribution in [0.3, 0.4) is 0 Å². The van der Waals surface area contributed by atoms with Crippen LogP contribution in [0, 0.1) is 11.8 Å². The molecule has 3 unspecified atom stereocenters. The molecule has 0 aliphatic carbocycles. The lowest BCUT2D eigenvalue weighted by molar-refractivity contribution is 0.295. The molecule has 0 saturated carbocycles. The standard InChI is InChI=1S/C17H28N2O/c1-5-6-20-17-9-15(18)8-16(10-17)19-11-12(2)7-13(3)14(19)4/h8-10,12-14H,5-7,11,18H2,1-4H3. The first kappa shape index (κ1) is 15.0. The lowest BCUT2D eigenvalue weighted by atomic mass is 9.85. The second kappa shape index (κ2) is 6.38. The van der Waals surface area contributed by atoms with E-state index in [1.54, 1.807) is 0 Å². The number of nitrogens with zero attached hydrogens (tertiary/aromatic N) is 1. The average Bonchev–Trinajstić information content (AvgIpc) is 2.40. The molecule has 2 N–H and O–H groups in total. The van der Waals surface area contributed by atoms with Crippen LogP contribution in [0.15, 0.2) is 18.2 Å². The minimum absolute atomic E-state index is 0.548. The lowest BCUT2D eigenvalue weighted by Crippen LogP contribution is -2.45. The van der Waals surface area contributed by atoms with Gasteiger partial charge in [-0.1, -0.05) is 20.8 Å². The Morgan fingerprint density at radius 1 is 1.25 bits per heavy atom. The van der Waals surface area contributed by atoms with Crippen molar-refractivity contribution in [2.45, 2.75) is 46.6 Å². The van der Waals surface area contributed by atoms with Crippen molar-refractivity contribution in [1.82, 2.24) is 0 Å². The molecule has 0 radical (unpaired) electrons. The minimum Gasteiger partial charge on any atom is -0.493 e. The Morgan fingerprint density at radius 3 is 2.70 bits per heavy atom. The summed E-state index contributed by atoms with van der Waals surface area (Å²) in [6.07, 6.45) is 2.32. The van der Waals surface area contributed by atoms with E-state index in [1.807, 2.05) is 6.07 Å². The van der Waals surface area contributed by atoms with Gasteiger partial charge in [0, 0.05) is 36.1 Å². The highest BCUT2D eigenvalue weighted by atomic mass is 16.5. The summed E-state index contributed by atoms with van der Waals surface area (Å²) in [5.41, 5.74) is 8.03. The fourth-order valence-corrected chi connectivity index (χ4v) is 3.13. The first-order chi connectivity index (χ1) is 9.51.